The number of nitrogens with two attached hydrogens (primary N) is 1. The van der Waals surface area contributed by atoms with E-state index in [1.165, 1.54) is 22.5 Å². The van der Waals surface area contributed by atoms with Crippen LogP contribution in [0.4, 0.5) is 11.4 Å². The van der Waals surface area contributed by atoms with Crippen LogP contribution in [-0.2, 0) is 15.6 Å². The number of hydrazine groups is 1. The monoisotopic (exact) mass is 656 g/mol. The minimum atomic E-state index is -0.263. The van der Waals surface area contributed by atoms with Gasteiger partial charge in [-0.05, 0) is 59.7 Å². The first-order chi connectivity index (χ1) is 23.4. The van der Waals surface area contributed by atoms with E-state index in [2.05, 4.69) is 85.4 Å². The van der Waals surface area contributed by atoms with Crippen LogP contribution in [0.2, 0.25) is 0 Å². The smallest absolute Gasteiger partial charge is 0.271 e. The lowest BCUT2D eigenvalue weighted by Crippen LogP contribution is -2.29. The summed E-state index contributed by atoms with van der Waals surface area (Å²) in [5.41, 5.74) is 12.7. The molecule has 0 bridgehead atoms. The fraction of sp³-hybridized carbons (Fsp3) is 0.200. The number of anilines is 2. The van der Waals surface area contributed by atoms with E-state index in [1.807, 2.05) is 61.0 Å². The lowest BCUT2D eigenvalue weighted by molar-refractivity contribution is -0.104. The molecule has 0 aromatic heterocycles. The summed E-state index contributed by atoms with van der Waals surface area (Å²) in [7, 11) is 4.05. The molecule has 2 heterocycles. The number of nitrogens with zero attached hydrogens (tertiary/aromatic N) is 3. The molecule has 0 saturated heterocycles. The Labute approximate surface area is 288 Å². The van der Waals surface area contributed by atoms with Crippen LogP contribution in [0.3, 0.4) is 0 Å². The Morgan fingerprint density at radius 3 is 1.47 bits per heavy atom. The summed E-state index contributed by atoms with van der Waals surface area (Å²) in [6, 6.07) is 34.5. The molecule has 0 saturated carbocycles. The van der Waals surface area contributed by atoms with Gasteiger partial charge in [-0.25, -0.2) is 11.3 Å². The zero-order chi connectivity index (χ0) is 35.6. The molecule has 49 heavy (non-hydrogen) atoms. The number of carbonyl (C=O) groups is 3. The van der Waals surface area contributed by atoms with Crippen LogP contribution in [0.5, 0.6) is 0 Å². The normalized spacial score (nSPS) is 16.6. The SMILES string of the molecule is CN1/C(=C\C=N\NC(=O)c2ccccc2)C(C)(C)c2ccccc21.CN1/C(=C\C=O)C(C)(C)c2ccccc21.NNC(=O)c1ccccc1. The Morgan fingerprint density at radius 2 is 1.04 bits per heavy atom. The number of nitrogen functional groups attached to an aromatic ring is 1. The van der Waals surface area contributed by atoms with Crippen LogP contribution in [-0.4, -0.2) is 38.4 Å². The number of amides is 2. The van der Waals surface area contributed by atoms with E-state index < -0.39 is 0 Å². The van der Waals surface area contributed by atoms with Crippen molar-refractivity contribution in [2.45, 2.75) is 38.5 Å². The van der Waals surface area contributed by atoms with Gasteiger partial charge >= 0.3 is 0 Å². The lowest BCUT2D eigenvalue weighted by atomic mass is 9.84. The number of aldehydes is 1. The van der Waals surface area contributed by atoms with Gasteiger partial charge < -0.3 is 9.80 Å². The van der Waals surface area contributed by atoms with Crippen molar-refractivity contribution in [1.29, 1.82) is 0 Å². The molecule has 252 valence electrons. The first kappa shape index (κ1) is 36.0. The fourth-order valence-corrected chi connectivity index (χ4v) is 6.20. The van der Waals surface area contributed by atoms with Gasteiger partial charge in [-0.2, -0.15) is 5.10 Å². The van der Waals surface area contributed by atoms with Crippen LogP contribution in [0.15, 0.2) is 138 Å². The quantitative estimate of drug-likeness (QED) is 0.0564. The molecule has 0 unspecified atom stereocenters. The molecule has 9 nitrogen and oxygen atoms in total. The molecule has 2 aliphatic rings. The summed E-state index contributed by atoms with van der Waals surface area (Å²) in [6.07, 6.45) is 6.10. The van der Waals surface area contributed by atoms with E-state index in [1.54, 1.807) is 48.7 Å². The summed E-state index contributed by atoms with van der Waals surface area (Å²) in [5.74, 6) is 4.43. The van der Waals surface area contributed by atoms with Gasteiger partial charge in [0.25, 0.3) is 11.8 Å². The average Bonchev–Trinajstić information content (AvgIpc) is 3.45. The van der Waals surface area contributed by atoms with E-state index in [0.717, 1.165) is 17.7 Å². The molecule has 2 aliphatic heterocycles. The molecular formula is C40H44N6O3. The topological polar surface area (TPSA) is 120 Å². The minimum Gasteiger partial charge on any atom is -0.347 e. The van der Waals surface area contributed by atoms with Crippen molar-refractivity contribution in [2.24, 2.45) is 10.9 Å². The molecule has 9 heteroatoms. The fourth-order valence-electron chi connectivity index (χ4n) is 6.20. The van der Waals surface area contributed by atoms with Gasteiger partial charge in [0, 0.05) is 65.0 Å². The second-order valence-corrected chi connectivity index (χ2v) is 12.6. The highest BCUT2D eigenvalue weighted by atomic mass is 16.2. The summed E-state index contributed by atoms with van der Waals surface area (Å²) in [6.45, 7) is 8.67. The third kappa shape index (κ3) is 8.02. The first-order valence-corrected chi connectivity index (χ1v) is 15.9. The number of hydrogen-bond acceptors (Lipinski definition) is 7. The van der Waals surface area contributed by atoms with E-state index in [-0.39, 0.29) is 22.6 Å². The van der Waals surface area contributed by atoms with Crippen molar-refractivity contribution in [3.05, 3.63) is 155 Å². The van der Waals surface area contributed by atoms with Gasteiger partial charge in [0.2, 0.25) is 0 Å². The third-order valence-electron chi connectivity index (χ3n) is 8.78. The van der Waals surface area contributed by atoms with Crippen molar-refractivity contribution >= 4 is 35.7 Å². The van der Waals surface area contributed by atoms with Gasteiger partial charge in [0.15, 0.2) is 0 Å². The summed E-state index contributed by atoms with van der Waals surface area (Å²) in [5, 5.41) is 4.05. The molecule has 0 fully saturated rings. The number of hydrogen-bond donors (Lipinski definition) is 3. The largest absolute Gasteiger partial charge is 0.347 e. The van der Waals surface area contributed by atoms with Crippen molar-refractivity contribution in [3.63, 3.8) is 0 Å². The standard InChI is InChI=1S/C20H21N3O.C13H15NO.C7H8N2O/c1-20(2)16-11-7-8-12-17(16)23(3)18(20)13-14-21-22-19(24)15-9-5-4-6-10-15;1-13(2)10-6-4-5-7-11(10)14(3)12(13)8-9-15;8-9-7(10)6-4-2-1-3-5-6/h4-14H,1-3H3,(H,22,24);4-9H,1-3H3;1-5H,8H2,(H,9,10)/b18-13-,21-14+;12-8-;. The molecule has 4 N–H and O–H groups in total. The highest BCUT2D eigenvalue weighted by molar-refractivity contribution is 5.94. The molecule has 2 amide bonds. The van der Waals surface area contributed by atoms with Crippen LogP contribution in [0, 0.1) is 0 Å². The molecule has 4 aromatic carbocycles. The molecule has 0 atom stereocenters. The van der Waals surface area contributed by atoms with Gasteiger partial charge in [-0.1, -0.05) is 100 Å². The van der Waals surface area contributed by atoms with Crippen molar-refractivity contribution in [1.82, 2.24) is 10.9 Å². The Bertz CT molecular complexity index is 1860. The predicted molar refractivity (Wildman–Crippen MR) is 198 cm³/mol. The van der Waals surface area contributed by atoms with E-state index in [9.17, 15) is 14.4 Å². The van der Waals surface area contributed by atoms with Gasteiger partial charge in [-0.3, -0.25) is 19.8 Å². The predicted octanol–water partition coefficient (Wildman–Crippen LogP) is 6.50. The number of fused-ring (bicyclic) bond motifs is 2. The van der Waals surface area contributed by atoms with Crippen LogP contribution in [0.25, 0.3) is 0 Å². The second-order valence-electron chi connectivity index (χ2n) is 12.6. The number of carbonyl (C=O) groups excluding carboxylic acids is 3. The Kier molecular flexibility index (Phi) is 11.7. The van der Waals surface area contributed by atoms with Gasteiger partial charge in [0.1, 0.15) is 6.29 Å². The van der Waals surface area contributed by atoms with Crippen molar-refractivity contribution < 1.29 is 14.4 Å². The maximum absolute atomic E-state index is 12.0. The van der Waals surface area contributed by atoms with Crippen LogP contribution < -0.4 is 26.5 Å². The van der Waals surface area contributed by atoms with Gasteiger partial charge in [-0.15, -0.1) is 0 Å². The highest BCUT2D eigenvalue weighted by Gasteiger charge is 2.38. The second kappa shape index (κ2) is 15.9. The number of para-hydroxylation sites is 2. The molecule has 0 spiro atoms. The van der Waals surface area contributed by atoms with Crippen molar-refractivity contribution in [2.75, 3.05) is 23.9 Å². The minimum absolute atomic E-state index is 0.0771. The van der Waals surface area contributed by atoms with Crippen LogP contribution in [0.1, 0.15) is 59.5 Å². The maximum Gasteiger partial charge on any atom is 0.271 e. The van der Waals surface area contributed by atoms with Crippen molar-refractivity contribution in [3.8, 4) is 0 Å². The molecule has 4 aromatic rings. The average molecular weight is 657 g/mol. The van der Waals surface area contributed by atoms with Crippen LogP contribution >= 0.6 is 0 Å². The Balaban J connectivity index is 0.000000184. The van der Waals surface area contributed by atoms with E-state index in [4.69, 9.17) is 5.84 Å². The molecule has 0 aliphatic carbocycles. The Hall–Kier alpha value is -5.80. The molecule has 6 rings (SSSR count). The molecule has 0 radical (unpaired) electrons. The zero-order valence-electron chi connectivity index (χ0n) is 28.8. The number of likely N-dealkylation sites (N-methyl/N-ethyl adjacent to an activating group) is 2. The number of rotatable bonds is 5. The third-order valence-corrected chi connectivity index (χ3v) is 8.78. The Morgan fingerprint density at radius 1 is 0.633 bits per heavy atom. The summed E-state index contributed by atoms with van der Waals surface area (Å²) >= 11 is 0. The molecular weight excluding hydrogens is 612 g/mol. The first-order valence-electron chi connectivity index (χ1n) is 15.9. The summed E-state index contributed by atoms with van der Waals surface area (Å²) in [4.78, 5) is 37.6. The number of nitrogens with one attached hydrogen (secondary N) is 2. The number of allylic oxidation sites excluding steroid dienone is 4. The van der Waals surface area contributed by atoms with E-state index in [0.29, 0.717) is 11.1 Å². The lowest BCUT2D eigenvalue weighted by Gasteiger charge is -2.23. The van der Waals surface area contributed by atoms with E-state index >= 15 is 0 Å². The zero-order valence-corrected chi connectivity index (χ0v) is 28.8. The highest BCUT2D eigenvalue weighted by Crippen LogP contribution is 2.47. The number of benzene rings is 4. The number of hydrazone groups is 1. The maximum atomic E-state index is 12.0. The van der Waals surface area contributed by atoms with Gasteiger partial charge in [0.05, 0.1) is 0 Å². The summed E-state index contributed by atoms with van der Waals surface area (Å²) < 4.78 is 0.